The highest BCUT2D eigenvalue weighted by atomic mass is 16.7. The normalized spacial score (nSPS) is 17.3. The van der Waals surface area contributed by atoms with Gasteiger partial charge in [0.15, 0.2) is 11.5 Å². The van der Waals surface area contributed by atoms with Crippen molar-refractivity contribution in [2.45, 2.75) is 19.6 Å². The lowest BCUT2D eigenvalue weighted by Crippen LogP contribution is -2.45. The minimum Gasteiger partial charge on any atom is -0.457 e. The highest BCUT2D eigenvalue weighted by molar-refractivity contribution is 5.97. The predicted octanol–water partition coefficient (Wildman–Crippen LogP) is 3.94. The zero-order valence-electron chi connectivity index (χ0n) is 16.8. The van der Waals surface area contributed by atoms with Crippen molar-refractivity contribution in [2.24, 2.45) is 0 Å². The average Bonchev–Trinajstić information content (AvgIpc) is 3.24. The molecule has 1 atom stereocenters. The van der Waals surface area contributed by atoms with Crippen LogP contribution in [0, 0.1) is 0 Å². The first kappa shape index (κ1) is 19.0. The molecular weight excluding hydrogens is 396 g/mol. The Morgan fingerprint density at radius 1 is 1.06 bits per heavy atom. The van der Waals surface area contributed by atoms with E-state index >= 15 is 0 Å². The van der Waals surface area contributed by atoms with Gasteiger partial charge in [-0.25, -0.2) is 9.59 Å². The van der Waals surface area contributed by atoms with Gasteiger partial charge in [0.1, 0.15) is 6.61 Å². The first-order chi connectivity index (χ1) is 15.1. The number of urea groups is 1. The molecule has 0 radical (unpaired) electrons. The van der Waals surface area contributed by atoms with Crippen LogP contribution in [-0.4, -0.2) is 18.8 Å². The maximum Gasteiger partial charge on any atom is 0.338 e. The van der Waals surface area contributed by atoms with E-state index in [1.165, 1.54) is 0 Å². The van der Waals surface area contributed by atoms with Crippen LogP contribution in [-0.2, 0) is 16.1 Å². The number of carbonyl (C=O) groups excluding carboxylic acids is 2. The lowest BCUT2D eigenvalue weighted by Gasteiger charge is -2.29. The molecule has 156 valence electrons. The Hall–Kier alpha value is -4.00. The third-order valence-electron chi connectivity index (χ3n) is 5.43. The summed E-state index contributed by atoms with van der Waals surface area (Å²) in [6, 6.07) is 18.1. The molecule has 0 unspecified atom stereocenters. The molecule has 7 heteroatoms. The number of hydrogen-bond donors (Lipinski definition) is 2. The Morgan fingerprint density at radius 3 is 2.77 bits per heavy atom. The first-order valence-corrected chi connectivity index (χ1v) is 9.92. The van der Waals surface area contributed by atoms with Gasteiger partial charge in [-0.1, -0.05) is 48.5 Å². The van der Waals surface area contributed by atoms with E-state index in [1.807, 2.05) is 48.5 Å². The first-order valence-electron chi connectivity index (χ1n) is 9.92. The second-order valence-electron chi connectivity index (χ2n) is 7.40. The number of hydrogen-bond acceptors (Lipinski definition) is 5. The summed E-state index contributed by atoms with van der Waals surface area (Å²) in [6.45, 7) is 1.96. The van der Waals surface area contributed by atoms with Gasteiger partial charge < -0.3 is 24.8 Å². The minimum absolute atomic E-state index is 0.0719. The average molecular weight is 416 g/mol. The molecule has 2 aliphatic rings. The summed E-state index contributed by atoms with van der Waals surface area (Å²) in [5, 5.41) is 7.55. The molecule has 0 fully saturated rings. The lowest BCUT2D eigenvalue weighted by molar-refractivity contribution is -0.140. The van der Waals surface area contributed by atoms with E-state index < -0.39 is 12.0 Å². The topological polar surface area (TPSA) is 85.9 Å². The van der Waals surface area contributed by atoms with E-state index in [0.717, 1.165) is 21.9 Å². The van der Waals surface area contributed by atoms with Crippen LogP contribution in [0.2, 0.25) is 0 Å². The standard InChI is InChI=1S/C24H20N2O5/c1-14-21(23(27)29-12-15-9-10-19-20(11-15)31-13-30-19)22(26-24(28)25-14)18-8-4-6-16-5-2-3-7-17(16)18/h2-11,22H,12-13H2,1H3,(H2,25,26,28)/t22-/m0/s1. The minimum atomic E-state index is -0.621. The maximum atomic E-state index is 13.1. The molecule has 2 amide bonds. The number of amides is 2. The lowest BCUT2D eigenvalue weighted by atomic mass is 9.91. The van der Waals surface area contributed by atoms with E-state index in [2.05, 4.69) is 10.6 Å². The summed E-state index contributed by atoms with van der Waals surface area (Å²) < 4.78 is 16.3. The monoisotopic (exact) mass is 416 g/mol. The van der Waals surface area contributed by atoms with Crippen LogP contribution in [0.15, 0.2) is 71.9 Å². The highest BCUT2D eigenvalue weighted by Crippen LogP contribution is 2.34. The fourth-order valence-electron chi connectivity index (χ4n) is 3.96. The predicted molar refractivity (Wildman–Crippen MR) is 113 cm³/mol. The van der Waals surface area contributed by atoms with Gasteiger partial charge in [0.25, 0.3) is 0 Å². The number of carbonyl (C=O) groups is 2. The number of rotatable bonds is 4. The summed E-state index contributed by atoms with van der Waals surface area (Å²) in [7, 11) is 0. The zero-order chi connectivity index (χ0) is 21.4. The van der Waals surface area contributed by atoms with Gasteiger partial charge in [0, 0.05) is 5.70 Å². The van der Waals surface area contributed by atoms with Gasteiger partial charge in [-0.05, 0) is 41.0 Å². The fourth-order valence-corrected chi connectivity index (χ4v) is 3.96. The molecular formula is C24H20N2O5. The number of esters is 1. The number of allylic oxidation sites excluding steroid dienone is 1. The van der Waals surface area contributed by atoms with Gasteiger partial charge in [0.05, 0.1) is 11.6 Å². The van der Waals surface area contributed by atoms with E-state index in [0.29, 0.717) is 22.8 Å². The molecule has 0 aromatic heterocycles. The zero-order valence-corrected chi connectivity index (χ0v) is 16.8. The van der Waals surface area contributed by atoms with Crippen molar-refractivity contribution in [1.82, 2.24) is 10.6 Å². The summed E-state index contributed by atoms with van der Waals surface area (Å²) in [4.78, 5) is 25.3. The number of benzene rings is 3. The van der Waals surface area contributed by atoms with E-state index in [4.69, 9.17) is 14.2 Å². The van der Waals surface area contributed by atoms with Crippen LogP contribution in [0.5, 0.6) is 11.5 Å². The molecule has 7 nitrogen and oxygen atoms in total. The van der Waals surface area contributed by atoms with Gasteiger partial charge in [-0.2, -0.15) is 0 Å². The van der Waals surface area contributed by atoms with Crippen molar-refractivity contribution in [3.05, 3.63) is 83.1 Å². The number of fused-ring (bicyclic) bond motifs is 2. The summed E-state index contributed by atoms with van der Waals surface area (Å²) >= 11 is 0. The molecule has 3 aromatic carbocycles. The summed E-state index contributed by atoms with van der Waals surface area (Å²) in [6.07, 6.45) is 0. The Kier molecular flexibility index (Phi) is 4.71. The van der Waals surface area contributed by atoms with Gasteiger partial charge >= 0.3 is 12.0 Å². The van der Waals surface area contributed by atoms with Crippen LogP contribution < -0.4 is 20.1 Å². The fraction of sp³-hybridized carbons (Fsp3) is 0.167. The molecule has 0 saturated heterocycles. The molecule has 2 heterocycles. The smallest absolute Gasteiger partial charge is 0.338 e. The summed E-state index contributed by atoms with van der Waals surface area (Å²) in [5.41, 5.74) is 2.46. The Labute approximate surface area is 178 Å². The maximum absolute atomic E-state index is 13.1. The van der Waals surface area contributed by atoms with Crippen molar-refractivity contribution >= 4 is 22.8 Å². The second-order valence-corrected chi connectivity index (χ2v) is 7.40. The van der Waals surface area contributed by atoms with Crippen LogP contribution in [0.25, 0.3) is 10.8 Å². The molecule has 2 N–H and O–H groups in total. The van der Waals surface area contributed by atoms with Gasteiger partial charge in [-0.15, -0.1) is 0 Å². The molecule has 0 aliphatic carbocycles. The molecule has 0 bridgehead atoms. The molecule has 31 heavy (non-hydrogen) atoms. The van der Waals surface area contributed by atoms with Crippen LogP contribution in [0.3, 0.4) is 0 Å². The van der Waals surface area contributed by atoms with E-state index in [1.54, 1.807) is 19.1 Å². The van der Waals surface area contributed by atoms with Crippen LogP contribution in [0.4, 0.5) is 4.79 Å². The second kappa shape index (κ2) is 7.68. The number of ether oxygens (including phenoxy) is 3. The summed E-state index contributed by atoms with van der Waals surface area (Å²) in [5.74, 6) is 0.800. The number of nitrogens with one attached hydrogen (secondary N) is 2. The van der Waals surface area contributed by atoms with E-state index in [9.17, 15) is 9.59 Å². The SMILES string of the molecule is CC1=C(C(=O)OCc2ccc3c(c2)OCO3)[C@H](c2cccc3ccccc23)NC(=O)N1. The third kappa shape index (κ3) is 3.54. The van der Waals surface area contributed by atoms with Crippen molar-refractivity contribution in [3.63, 3.8) is 0 Å². The van der Waals surface area contributed by atoms with Crippen molar-refractivity contribution in [2.75, 3.05) is 6.79 Å². The van der Waals surface area contributed by atoms with Gasteiger partial charge in [-0.3, -0.25) is 0 Å². The quantitative estimate of drug-likeness (QED) is 0.630. The van der Waals surface area contributed by atoms with Gasteiger partial charge in [0.2, 0.25) is 6.79 Å². The largest absolute Gasteiger partial charge is 0.457 e. The Balaban J connectivity index is 1.44. The van der Waals surface area contributed by atoms with Crippen LogP contribution >= 0.6 is 0 Å². The Bertz CT molecular complexity index is 1230. The molecule has 5 rings (SSSR count). The van der Waals surface area contributed by atoms with Crippen LogP contribution in [0.1, 0.15) is 24.1 Å². The molecule has 0 saturated carbocycles. The van der Waals surface area contributed by atoms with E-state index in [-0.39, 0.29) is 19.4 Å². The molecule has 2 aliphatic heterocycles. The third-order valence-corrected chi connectivity index (χ3v) is 5.43. The van der Waals surface area contributed by atoms with Crippen molar-refractivity contribution < 1.29 is 23.8 Å². The Morgan fingerprint density at radius 2 is 1.87 bits per heavy atom. The molecule has 3 aromatic rings. The van der Waals surface area contributed by atoms with Crippen molar-refractivity contribution in [3.8, 4) is 11.5 Å². The van der Waals surface area contributed by atoms with Crippen molar-refractivity contribution in [1.29, 1.82) is 0 Å². The molecule has 0 spiro atoms. The highest BCUT2D eigenvalue weighted by Gasteiger charge is 2.33.